The number of hydrogen-bond acceptors (Lipinski definition) is 3. The van der Waals surface area contributed by atoms with Crippen LogP contribution in [0.4, 0.5) is 0 Å². The molecule has 2 heterocycles. The number of aromatic amines is 1. The first-order valence-electron chi connectivity index (χ1n) is 8.45. The SMILES string of the molecule is O=C1c2ccccc2CCN1CCNC1CCCc2[nH]ncc21. The smallest absolute Gasteiger partial charge is 0.254 e. The molecule has 4 rings (SSSR count). The van der Waals surface area contributed by atoms with Crippen molar-refractivity contribution in [1.29, 1.82) is 0 Å². The Labute approximate surface area is 136 Å². The van der Waals surface area contributed by atoms with E-state index in [1.165, 1.54) is 23.2 Å². The fourth-order valence-corrected chi connectivity index (χ4v) is 3.73. The van der Waals surface area contributed by atoms with Crippen LogP contribution in [0.3, 0.4) is 0 Å². The molecule has 1 aromatic heterocycles. The molecule has 0 spiro atoms. The largest absolute Gasteiger partial charge is 0.337 e. The lowest BCUT2D eigenvalue weighted by atomic mass is 9.93. The minimum Gasteiger partial charge on any atom is -0.337 e. The second-order valence-corrected chi connectivity index (χ2v) is 6.40. The third-order valence-electron chi connectivity index (χ3n) is 5.01. The molecule has 2 aliphatic rings. The van der Waals surface area contributed by atoms with Crippen molar-refractivity contribution in [3.05, 3.63) is 52.8 Å². The Morgan fingerprint density at radius 3 is 3.17 bits per heavy atom. The summed E-state index contributed by atoms with van der Waals surface area (Å²) < 4.78 is 0. The monoisotopic (exact) mass is 310 g/mol. The molecule has 5 nitrogen and oxygen atoms in total. The number of amides is 1. The van der Waals surface area contributed by atoms with E-state index in [4.69, 9.17) is 0 Å². The molecule has 120 valence electrons. The summed E-state index contributed by atoms with van der Waals surface area (Å²) in [6.45, 7) is 2.40. The maximum atomic E-state index is 12.5. The first kappa shape index (κ1) is 14.5. The highest BCUT2D eigenvalue weighted by atomic mass is 16.2. The highest BCUT2D eigenvalue weighted by molar-refractivity contribution is 5.96. The number of aromatic nitrogens is 2. The molecular weight excluding hydrogens is 288 g/mol. The lowest BCUT2D eigenvalue weighted by Crippen LogP contribution is -2.42. The fraction of sp³-hybridized carbons (Fsp3) is 0.444. The van der Waals surface area contributed by atoms with Gasteiger partial charge in [0.25, 0.3) is 5.91 Å². The number of H-pyrrole nitrogens is 1. The van der Waals surface area contributed by atoms with E-state index in [9.17, 15) is 4.79 Å². The average molecular weight is 310 g/mol. The van der Waals surface area contributed by atoms with Gasteiger partial charge in [0.1, 0.15) is 0 Å². The second kappa shape index (κ2) is 6.16. The van der Waals surface area contributed by atoms with Crippen LogP contribution in [0.5, 0.6) is 0 Å². The molecule has 1 aliphatic heterocycles. The van der Waals surface area contributed by atoms with Crippen LogP contribution in [0.1, 0.15) is 46.1 Å². The lowest BCUT2D eigenvalue weighted by molar-refractivity contribution is 0.0739. The maximum Gasteiger partial charge on any atom is 0.254 e. The topological polar surface area (TPSA) is 61.0 Å². The number of rotatable bonds is 4. The maximum absolute atomic E-state index is 12.5. The quantitative estimate of drug-likeness (QED) is 0.909. The van der Waals surface area contributed by atoms with Crippen molar-refractivity contribution in [2.24, 2.45) is 0 Å². The van der Waals surface area contributed by atoms with Crippen molar-refractivity contribution in [2.45, 2.75) is 31.7 Å². The van der Waals surface area contributed by atoms with Gasteiger partial charge in [-0.25, -0.2) is 0 Å². The molecule has 1 aromatic carbocycles. The number of hydrogen-bond donors (Lipinski definition) is 2. The minimum absolute atomic E-state index is 0.168. The zero-order chi connectivity index (χ0) is 15.6. The highest BCUT2D eigenvalue weighted by Crippen LogP contribution is 2.27. The second-order valence-electron chi connectivity index (χ2n) is 6.40. The number of nitrogens with one attached hydrogen (secondary N) is 2. The number of nitrogens with zero attached hydrogens (tertiary/aromatic N) is 2. The summed E-state index contributed by atoms with van der Waals surface area (Å²) in [4.78, 5) is 14.5. The molecule has 0 saturated carbocycles. The summed E-state index contributed by atoms with van der Waals surface area (Å²) in [7, 11) is 0. The van der Waals surface area contributed by atoms with Crippen LogP contribution in [0.25, 0.3) is 0 Å². The molecule has 0 saturated heterocycles. The minimum atomic E-state index is 0.168. The Morgan fingerprint density at radius 1 is 1.30 bits per heavy atom. The number of fused-ring (bicyclic) bond motifs is 2. The van der Waals surface area contributed by atoms with Crippen molar-refractivity contribution >= 4 is 5.91 Å². The molecule has 2 N–H and O–H groups in total. The molecule has 23 heavy (non-hydrogen) atoms. The Balaban J connectivity index is 1.35. The summed E-state index contributed by atoms with van der Waals surface area (Å²) in [5, 5.41) is 10.9. The number of aryl methyl sites for hydroxylation is 1. The molecule has 5 heteroatoms. The van der Waals surface area contributed by atoms with Gasteiger partial charge in [-0.05, 0) is 37.3 Å². The van der Waals surface area contributed by atoms with Gasteiger partial charge in [-0.3, -0.25) is 9.89 Å². The molecule has 2 aromatic rings. The zero-order valence-corrected chi connectivity index (χ0v) is 13.2. The normalized spacial score (nSPS) is 20.3. The van der Waals surface area contributed by atoms with Gasteiger partial charge in [-0.1, -0.05) is 18.2 Å². The Kier molecular flexibility index (Phi) is 3.87. The van der Waals surface area contributed by atoms with Gasteiger partial charge in [-0.2, -0.15) is 5.10 Å². The van der Waals surface area contributed by atoms with Crippen LogP contribution in [0.15, 0.2) is 30.5 Å². The van der Waals surface area contributed by atoms with E-state index in [-0.39, 0.29) is 5.91 Å². The van der Waals surface area contributed by atoms with Gasteiger partial charge in [-0.15, -0.1) is 0 Å². The summed E-state index contributed by atoms with van der Waals surface area (Å²) in [5.41, 5.74) is 4.61. The van der Waals surface area contributed by atoms with Crippen molar-refractivity contribution < 1.29 is 4.79 Å². The van der Waals surface area contributed by atoms with E-state index in [1.807, 2.05) is 29.3 Å². The molecule has 1 atom stereocenters. The van der Waals surface area contributed by atoms with E-state index >= 15 is 0 Å². The molecule has 0 bridgehead atoms. The van der Waals surface area contributed by atoms with Crippen molar-refractivity contribution in [1.82, 2.24) is 20.4 Å². The van der Waals surface area contributed by atoms with Crippen molar-refractivity contribution in [3.63, 3.8) is 0 Å². The molecule has 1 aliphatic carbocycles. The van der Waals surface area contributed by atoms with Gasteiger partial charge in [0.15, 0.2) is 0 Å². The standard InChI is InChI=1S/C18H22N4O/c23-18-14-5-2-1-4-13(14)8-10-22(18)11-9-19-16-6-3-7-17-15(16)12-20-21-17/h1-2,4-5,12,16,19H,3,6-11H2,(H,20,21). The summed E-state index contributed by atoms with van der Waals surface area (Å²) in [6.07, 6.45) is 6.31. The van der Waals surface area contributed by atoms with E-state index in [1.54, 1.807) is 0 Å². The Morgan fingerprint density at radius 2 is 2.22 bits per heavy atom. The summed E-state index contributed by atoms with van der Waals surface area (Å²) in [6, 6.07) is 8.32. The first-order chi connectivity index (χ1) is 11.3. The van der Waals surface area contributed by atoms with Crippen LogP contribution in [0.2, 0.25) is 0 Å². The van der Waals surface area contributed by atoms with Crippen molar-refractivity contribution in [2.75, 3.05) is 19.6 Å². The Bertz CT molecular complexity index is 709. The molecule has 0 radical (unpaired) electrons. The first-order valence-corrected chi connectivity index (χ1v) is 8.45. The van der Waals surface area contributed by atoms with E-state index in [2.05, 4.69) is 21.6 Å². The predicted molar refractivity (Wildman–Crippen MR) is 88.3 cm³/mol. The number of carbonyl (C=O) groups excluding carboxylic acids is 1. The van der Waals surface area contributed by atoms with Crippen LogP contribution < -0.4 is 5.32 Å². The van der Waals surface area contributed by atoms with Crippen molar-refractivity contribution in [3.8, 4) is 0 Å². The number of carbonyl (C=O) groups is 1. The molecule has 0 fully saturated rings. The Hall–Kier alpha value is -2.14. The number of benzene rings is 1. The van der Waals surface area contributed by atoms with Gasteiger partial charge >= 0.3 is 0 Å². The summed E-state index contributed by atoms with van der Waals surface area (Å²) in [5.74, 6) is 0.168. The van der Waals surface area contributed by atoms with Crippen LogP contribution in [-0.2, 0) is 12.8 Å². The van der Waals surface area contributed by atoms with Gasteiger partial charge < -0.3 is 10.2 Å². The van der Waals surface area contributed by atoms with Gasteiger partial charge in [0.2, 0.25) is 0 Å². The predicted octanol–water partition coefficient (Wildman–Crippen LogP) is 2.08. The summed E-state index contributed by atoms with van der Waals surface area (Å²) >= 11 is 0. The highest BCUT2D eigenvalue weighted by Gasteiger charge is 2.25. The van der Waals surface area contributed by atoms with Gasteiger partial charge in [0, 0.05) is 42.5 Å². The van der Waals surface area contributed by atoms with E-state index in [0.717, 1.165) is 44.5 Å². The van der Waals surface area contributed by atoms with E-state index < -0.39 is 0 Å². The third kappa shape index (κ3) is 2.77. The molecule has 1 unspecified atom stereocenters. The lowest BCUT2D eigenvalue weighted by Gasteiger charge is -2.30. The van der Waals surface area contributed by atoms with Crippen LogP contribution in [-0.4, -0.2) is 40.6 Å². The third-order valence-corrected chi connectivity index (χ3v) is 5.01. The molecular formula is C18H22N4O. The fourth-order valence-electron chi connectivity index (χ4n) is 3.73. The van der Waals surface area contributed by atoms with Crippen LogP contribution >= 0.6 is 0 Å². The average Bonchev–Trinajstić information content (AvgIpc) is 3.07. The van der Waals surface area contributed by atoms with Gasteiger partial charge in [0.05, 0.1) is 6.20 Å². The van der Waals surface area contributed by atoms with Crippen LogP contribution in [0, 0.1) is 0 Å². The van der Waals surface area contributed by atoms with E-state index in [0.29, 0.717) is 6.04 Å². The zero-order valence-electron chi connectivity index (χ0n) is 13.2. The molecule has 1 amide bonds.